The van der Waals surface area contributed by atoms with Gasteiger partial charge in [-0.05, 0) is 37.5 Å². The lowest BCUT2D eigenvalue weighted by Gasteiger charge is -2.26. The van der Waals surface area contributed by atoms with E-state index in [1.54, 1.807) is 24.3 Å². The minimum absolute atomic E-state index is 0.327. The van der Waals surface area contributed by atoms with Gasteiger partial charge < -0.3 is 15.0 Å². The van der Waals surface area contributed by atoms with Crippen LogP contribution in [0.3, 0.4) is 0 Å². The average Bonchev–Trinajstić information content (AvgIpc) is 2.68. The standard InChI is InChI=1S/C18H20N4O3/c1-25-17(24)13-6-5-7-15(10-13)21-16(23)14-11-19-18(20-12-14)22-8-3-2-4-9-22/h5-7,10-12H,2-4,8-9H2,1H3,(H,21,23). The van der Waals surface area contributed by atoms with Crippen molar-refractivity contribution in [2.45, 2.75) is 19.3 Å². The molecule has 0 radical (unpaired) electrons. The van der Waals surface area contributed by atoms with E-state index in [1.807, 2.05) is 0 Å². The number of ether oxygens (including phenoxy) is 1. The average molecular weight is 340 g/mol. The van der Waals surface area contributed by atoms with Crippen LogP contribution in [0.5, 0.6) is 0 Å². The van der Waals surface area contributed by atoms with Crippen molar-refractivity contribution in [2.75, 3.05) is 30.4 Å². The number of aromatic nitrogens is 2. The van der Waals surface area contributed by atoms with E-state index in [0.29, 0.717) is 22.8 Å². The Balaban J connectivity index is 1.68. The molecule has 0 atom stereocenters. The van der Waals surface area contributed by atoms with Gasteiger partial charge >= 0.3 is 5.97 Å². The molecule has 1 aromatic heterocycles. The first-order chi connectivity index (χ1) is 12.2. The largest absolute Gasteiger partial charge is 0.465 e. The number of anilines is 2. The number of rotatable bonds is 4. The third-order valence-electron chi connectivity index (χ3n) is 4.08. The molecule has 1 saturated heterocycles. The zero-order valence-corrected chi connectivity index (χ0v) is 14.1. The van der Waals surface area contributed by atoms with Crippen molar-refractivity contribution in [3.8, 4) is 0 Å². The third kappa shape index (κ3) is 4.12. The summed E-state index contributed by atoms with van der Waals surface area (Å²) in [6.07, 6.45) is 6.57. The Morgan fingerprint density at radius 1 is 1.08 bits per heavy atom. The van der Waals surface area contributed by atoms with E-state index in [-0.39, 0.29) is 5.91 Å². The molecule has 2 heterocycles. The molecule has 1 fully saturated rings. The molecule has 1 N–H and O–H groups in total. The molecule has 2 aromatic rings. The third-order valence-corrected chi connectivity index (χ3v) is 4.08. The number of hydrogen-bond donors (Lipinski definition) is 1. The van der Waals surface area contributed by atoms with Crippen LogP contribution in [-0.4, -0.2) is 42.0 Å². The number of piperidine rings is 1. The maximum Gasteiger partial charge on any atom is 0.337 e. The molecule has 3 rings (SSSR count). The van der Waals surface area contributed by atoms with Gasteiger partial charge in [-0.3, -0.25) is 4.79 Å². The van der Waals surface area contributed by atoms with Crippen LogP contribution < -0.4 is 10.2 Å². The van der Waals surface area contributed by atoms with E-state index in [0.717, 1.165) is 25.9 Å². The normalized spacial score (nSPS) is 14.0. The molecule has 25 heavy (non-hydrogen) atoms. The van der Waals surface area contributed by atoms with Gasteiger partial charge in [0.2, 0.25) is 5.95 Å². The fraction of sp³-hybridized carbons (Fsp3) is 0.333. The van der Waals surface area contributed by atoms with Crippen LogP contribution in [0.4, 0.5) is 11.6 Å². The zero-order chi connectivity index (χ0) is 17.6. The van der Waals surface area contributed by atoms with Crippen molar-refractivity contribution < 1.29 is 14.3 Å². The van der Waals surface area contributed by atoms with Crippen molar-refractivity contribution in [3.63, 3.8) is 0 Å². The smallest absolute Gasteiger partial charge is 0.337 e. The highest BCUT2D eigenvalue weighted by Crippen LogP contribution is 2.16. The number of carbonyl (C=O) groups is 2. The quantitative estimate of drug-likeness (QED) is 0.861. The molecule has 0 bridgehead atoms. The van der Waals surface area contributed by atoms with E-state index < -0.39 is 5.97 Å². The number of esters is 1. The zero-order valence-electron chi connectivity index (χ0n) is 14.1. The fourth-order valence-electron chi connectivity index (χ4n) is 2.74. The number of methoxy groups -OCH3 is 1. The van der Waals surface area contributed by atoms with Crippen LogP contribution in [-0.2, 0) is 4.74 Å². The second-order valence-electron chi connectivity index (χ2n) is 5.85. The van der Waals surface area contributed by atoms with Gasteiger partial charge in [-0.15, -0.1) is 0 Å². The number of benzene rings is 1. The molecule has 0 aliphatic carbocycles. The summed E-state index contributed by atoms with van der Waals surface area (Å²) in [4.78, 5) is 34.6. The molecule has 0 saturated carbocycles. The number of amides is 1. The summed E-state index contributed by atoms with van der Waals surface area (Å²) in [6.45, 7) is 1.90. The molecule has 1 aliphatic rings. The van der Waals surface area contributed by atoms with Crippen LogP contribution in [0.2, 0.25) is 0 Å². The lowest BCUT2D eigenvalue weighted by atomic mass is 10.1. The van der Waals surface area contributed by atoms with Crippen molar-refractivity contribution in [1.82, 2.24) is 9.97 Å². The molecule has 130 valence electrons. The Bertz CT molecular complexity index is 755. The monoisotopic (exact) mass is 340 g/mol. The van der Waals surface area contributed by atoms with Crippen LogP contribution in [0.1, 0.15) is 40.0 Å². The molecule has 1 aliphatic heterocycles. The van der Waals surface area contributed by atoms with E-state index in [2.05, 4.69) is 24.9 Å². The summed E-state index contributed by atoms with van der Waals surface area (Å²) in [7, 11) is 1.31. The Morgan fingerprint density at radius 2 is 1.80 bits per heavy atom. The number of nitrogens with one attached hydrogen (secondary N) is 1. The van der Waals surface area contributed by atoms with Gasteiger partial charge in [-0.25, -0.2) is 14.8 Å². The summed E-state index contributed by atoms with van der Waals surface area (Å²) in [5.74, 6) is -0.124. The second-order valence-corrected chi connectivity index (χ2v) is 5.85. The number of carbonyl (C=O) groups excluding carboxylic acids is 2. The van der Waals surface area contributed by atoms with E-state index in [1.165, 1.54) is 25.9 Å². The molecule has 0 spiro atoms. The molecular formula is C18H20N4O3. The Hall–Kier alpha value is -2.96. The summed E-state index contributed by atoms with van der Waals surface area (Å²) in [6, 6.07) is 6.57. The molecule has 0 unspecified atom stereocenters. The van der Waals surface area contributed by atoms with Gasteiger partial charge in [-0.2, -0.15) is 0 Å². The highest BCUT2D eigenvalue weighted by Gasteiger charge is 2.15. The van der Waals surface area contributed by atoms with Gasteiger partial charge in [0.25, 0.3) is 5.91 Å². The lowest BCUT2D eigenvalue weighted by molar-refractivity contribution is 0.0600. The molecule has 7 nitrogen and oxygen atoms in total. The summed E-state index contributed by atoms with van der Waals surface area (Å²) < 4.78 is 4.68. The van der Waals surface area contributed by atoms with Gasteiger partial charge in [0.05, 0.1) is 18.2 Å². The Labute approximate surface area is 146 Å². The topological polar surface area (TPSA) is 84.4 Å². The maximum atomic E-state index is 12.3. The number of hydrogen-bond acceptors (Lipinski definition) is 6. The molecule has 1 amide bonds. The van der Waals surface area contributed by atoms with Gasteiger partial charge in [0, 0.05) is 31.2 Å². The van der Waals surface area contributed by atoms with Gasteiger partial charge in [0.15, 0.2) is 0 Å². The van der Waals surface area contributed by atoms with E-state index in [4.69, 9.17) is 0 Å². The lowest BCUT2D eigenvalue weighted by Crippen LogP contribution is -2.31. The van der Waals surface area contributed by atoms with Crippen molar-refractivity contribution >= 4 is 23.5 Å². The second kappa shape index (κ2) is 7.74. The summed E-state index contributed by atoms with van der Waals surface area (Å²) >= 11 is 0. The minimum Gasteiger partial charge on any atom is -0.465 e. The first-order valence-electron chi connectivity index (χ1n) is 8.24. The minimum atomic E-state index is -0.453. The first-order valence-corrected chi connectivity index (χ1v) is 8.24. The molecular weight excluding hydrogens is 320 g/mol. The fourth-order valence-corrected chi connectivity index (χ4v) is 2.74. The van der Waals surface area contributed by atoms with Crippen LogP contribution in [0.25, 0.3) is 0 Å². The van der Waals surface area contributed by atoms with Gasteiger partial charge in [-0.1, -0.05) is 6.07 Å². The maximum absolute atomic E-state index is 12.3. The van der Waals surface area contributed by atoms with Crippen molar-refractivity contribution in [3.05, 3.63) is 47.8 Å². The molecule has 1 aromatic carbocycles. The first kappa shape index (κ1) is 16.9. The number of nitrogens with zero attached hydrogens (tertiary/aromatic N) is 3. The molecule has 7 heteroatoms. The van der Waals surface area contributed by atoms with Crippen molar-refractivity contribution in [1.29, 1.82) is 0 Å². The van der Waals surface area contributed by atoms with Crippen LogP contribution in [0.15, 0.2) is 36.7 Å². The van der Waals surface area contributed by atoms with Gasteiger partial charge in [0.1, 0.15) is 0 Å². The highest BCUT2D eigenvalue weighted by molar-refractivity contribution is 6.04. The summed E-state index contributed by atoms with van der Waals surface area (Å²) in [5.41, 5.74) is 1.24. The SMILES string of the molecule is COC(=O)c1cccc(NC(=O)c2cnc(N3CCCCC3)nc2)c1. The Morgan fingerprint density at radius 3 is 2.48 bits per heavy atom. The Kier molecular flexibility index (Phi) is 5.23. The predicted octanol–water partition coefficient (Wildman–Crippen LogP) is 2.51. The van der Waals surface area contributed by atoms with Crippen LogP contribution in [0, 0.1) is 0 Å². The summed E-state index contributed by atoms with van der Waals surface area (Å²) in [5, 5.41) is 2.74. The van der Waals surface area contributed by atoms with E-state index >= 15 is 0 Å². The van der Waals surface area contributed by atoms with Crippen LogP contribution >= 0.6 is 0 Å². The van der Waals surface area contributed by atoms with E-state index in [9.17, 15) is 9.59 Å². The van der Waals surface area contributed by atoms with Crippen molar-refractivity contribution in [2.24, 2.45) is 0 Å². The highest BCUT2D eigenvalue weighted by atomic mass is 16.5. The predicted molar refractivity (Wildman–Crippen MR) is 93.8 cm³/mol.